The Morgan fingerprint density at radius 3 is 2.10 bits per heavy atom. The normalized spacial score (nSPS) is 17.9. The molecule has 3 fully saturated rings. The number of anilines is 2. The summed E-state index contributed by atoms with van der Waals surface area (Å²) in [6, 6.07) is 13.9. The van der Waals surface area contributed by atoms with E-state index in [4.69, 9.17) is 10.00 Å². The fourth-order valence-electron chi connectivity index (χ4n) is 5.08. The van der Waals surface area contributed by atoms with Crippen molar-refractivity contribution in [3.05, 3.63) is 59.2 Å². The van der Waals surface area contributed by atoms with Gasteiger partial charge in [-0.2, -0.15) is 5.26 Å². The lowest BCUT2D eigenvalue weighted by molar-refractivity contribution is 0.0428. The van der Waals surface area contributed by atoms with Crippen LogP contribution in [0.3, 0.4) is 0 Å². The van der Waals surface area contributed by atoms with Crippen molar-refractivity contribution in [1.82, 2.24) is 20.0 Å². The number of morpholine rings is 1. The molecule has 2 aromatic carbocycles. The summed E-state index contributed by atoms with van der Waals surface area (Å²) in [5.41, 5.74) is 2.74. The van der Waals surface area contributed by atoms with Crippen molar-refractivity contribution in [3.63, 3.8) is 0 Å². The molecule has 0 saturated carbocycles. The average molecular weight is 532 g/mol. The molecule has 3 aliphatic rings. The Labute approximate surface area is 227 Å². The van der Waals surface area contributed by atoms with Gasteiger partial charge in [0.05, 0.1) is 36.2 Å². The molecule has 0 bridgehead atoms. The van der Waals surface area contributed by atoms with Crippen LogP contribution in [0.1, 0.15) is 26.3 Å². The van der Waals surface area contributed by atoms with Crippen LogP contribution in [0.25, 0.3) is 0 Å². The third-order valence-electron chi connectivity index (χ3n) is 7.34. The van der Waals surface area contributed by atoms with Gasteiger partial charge in [0.1, 0.15) is 0 Å². The summed E-state index contributed by atoms with van der Waals surface area (Å²) < 4.78 is 5.37. The van der Waals surface area contributed by atoms with Crippen LogP contribution in [-0.4, -0.2) is 111 Å². The number of rotatable bonds is 4. The second kappa shape index (κ2) is 12.1. The van der Waals surface area contributed by atoms with Crippen molar-refractivity contribution in [1.29, 1.82) is 5.26 Å². The van der Waals surface area contributed by atoms with Crippen molar-refractivity contribution >= 4 is 29.2 Å². The number of carbonyl (C=O) groups is 3. The third-order valence-corrected chi connectivity index (χ3v) is 7.34. The lowest BCUT2D eigenvalue weighted by Gasteiger charge is -2.40. The van der Waals surface area contributed by atoms with Gasteiger partial charge in [-0.25, -0.2) is 4.79 Å². The highest BCUT2D eigenvalue weighted by atomic mass is 16.5. The predicted molar refractivity (Wildman–Crippen MR) is 146 cm³/mol. The van der Waals surface area contributed by atoms with Crippen LogP contribution in [0.15, 0.2) is 42.5 Å². The van der Waals surface area contributed by atoms with E-state index in [0.717, 1.165) is 18.8 Å². The summed E-state index contributed by atoms with van der Waals surface area (Å²) in [6.07, 6.45) is 0. The van der Waals surface area contributed by atoms with Gasteiger partial charge in [-0.15, -0.1) is 0 Å². The quantitative estimate of drug-likeness (QED) is 0.612. The Morgan fingerprint density at radius 1 is 0.795 bits per heavy atom. The molecular formula is C28H33N7O4. The van der Waals surface area contributed by atoms with Crippen LogP contribution in [0.2, 0.25) is 0 Å². The fraction of sp³-hybridized carbons (Fsp3) is 0.429. The molecule has 5 rings (SSSR count). The Morgan fingerprint density at radius 2 is 1.44 bits per heavy atom. The maximum atomic E-state index is 13.2. The first-order valence-corrected chi connectivity index (χ1v) is 13.4. The SMILES string of the molecule is N#Cc1ccc(C(=O)Nc2cc(C(=O)N3CCNCC3)ccc2N2CCN(C(=O)N3CCOCC3)CC2)cc1. The molecule has 0 aliphatic carbocycles. The lowest BCUT2D eigenvalue weighted by Crippen LogP contribution is -2.55. The van der Waals surface area contributed by atoms with Crippen LogP contribution in [-0.2, 0) is 4.74 Å². The van der Waals surface area contributed by atoms with Gasteiger partial charge in [-0.05, 0) is 42.5 Å². The van der Waals surface area contributed by atoms with Crippen molar-refractivity contribution in [3.8, 4) is 6.07 Å². The maximum absolute atomic E-state index is 13.2. The second-order valence-electron chi connectivity index (χ2n) is 9.77. The number of nitriles is 1. The molecule has 3 saturated heterocycles. The highest BCUT2D eigenvalue weighted by Crippen LogP contribution is 2.30. The van der Waals surface area contributed by atoms with Crippen LogP contribution in [0.4, 0.5) is 16.2 Å². The number of carbonyl (C=O) groups excluding carboxylic acids is 3. The molecule has 2 N–H and O–H groups in total. The van der Waals surface area contributed by atoms with Gasteiger partial charge in [0, 0.05) is 76.6 Å². The zero-order valence-corrected chi connectivity index (χ0v) is 21.9. The third kappa shape index (κ3) is 6.13. The first-order valence-electron chi connectivity index (χ1n) is 13.4. The van der Waals surface area contributed by atoms with Crippen molar-refractivity contribution in [2.75, 3.05) is 88.9 Å². The summed E-state index contributed by atoms with van der Waals surface area (Å²) in [6.45, 7) is 7.40. The molecule has 3 heterocycles. The van der Waals surface area contributed by atoms with E-state index in [2.05, 4.69) is 21.6 Å². The molecule has 0 radical (unpaired) electrons. The molecular weight excluding hydrogens is 498 g/mol. The Hall–Kier alpha value is -4.14. The highest BCUT2D eigenvalue weighted by molar-refractivity contribution is 6.07. The van der Waals surface area contributed by atoms with Crippen molar-refractivity contribution in [2.45, 2.75) is 0 Å². The Bertz CT molecular complexity index is 1240. The smallest absolute Gasteiger partial charge is 0.320 e. The number of nitrogens with zero attached hydrogens (tertiary/aromatic N) is 5. The minimum absolute atomic E-state index is 0.0317. The van der Waals surface area contributed by atoms with E-state index in [1.807, 2.05) is 26.8 Å². The van der Waals surface area contributed by atoms with Crippen LogP contribution in [0, 0.1) is 11.3 Å². The molecule has 0 spiro atoms. The first-order chi connectivity index (χ1) is 19.0. The highest BCUT2D eigenvalue weighted by Gasteiger charge is 2.28. The average Bonchev–Trinajstić information content (AvgIpc) is 3.01. The first kappa shape index (κ1) is 26.5. The minimum Gasteiger partial charge on any atom is -0.378 e. The van der Waals surface area contributed by atoms with E-state index < -0.39 is 0 Å². The van der Waals surface area contributed by atoms with Crippen LogP contribution in [0.5, 0.6) is 0 Å². The van der Waals surface area contributed by atoms with Gasteiger partial charge < -0.3 is 35.0 Å². The molecule has 0 atom stereocenters. The molecule has 3 aliphatic heterocycles. The van der Waals surface area contributed by atoms with Crippen LogP contribution < -0.4 is 15.5 Å². The number of ether oxygens (including phenoxy) is 1. The number of urea groups is 1. The van der Waals surface area contributed by atoms with Gasteiger partial charge >= 0.3 is 6.03 Å². The number of piperazine rings is 2. The largest absolute Gasteiger partial charge is 0.378 e. The molecule has 39 heavy (non-hydrogen) atoms. The lowest BCUT2D eigenvalue weighted by atomic mass is 10.1. The van der Waals surface area contributed by atoms with Gasteiger partial charge in [0.15, 0.2) is 0 Å². The van der Waals surface area contributed by atoms with E-state index >= 15 is 0 Å². The van der Waals surface area contributed by atoms with E-state index in [-0.39, 0.29) is 17.8 Å². The molecule has 0 aromatic heterocycles. The van der Waals surface area contributed by atoms with Crippen molar-refractivity contribution < 1.29 is 19.1 Å². The van der Waals surface area contributed by atoms with Crippen molar-refractivity contribution in [2.24, 2.45) is 0 Å². The topological polar surface area (TPSA) is 121 Å². The standard InChI is InChI=1S/C28H33N7O4/c29-20-21-1-3-22(4-2-21)26(36)31-24-19-23(27(37)33-9-7-30-8-10-33)5-6-25(24)32-11-13-34(14-12-32)28(38)35-15-17-39-18-16-35/h1-6,19,30H,7-18H2,(H,31,36). The summed E-state index contributed by atoms with van der Waals surface area (Å²) in [4.78, 5) is 47.0. The summed E-state index contributed by atoms with van der Waals surface area (Å²) in [5, 5.41) is 15.3. The predicted octanol–water partition coefficient (Wildman–Crippen LogP) is 1.43. The summed E-state index contributed by atoms with van der Waals surface area (Å²) >= 11 is 0. The molecule has 0 unspecified atom stereocenters. The van der Waals surface area contributed by atoms with Gasteiger partial charge in [0.2, 0.25) is 0 Å². The Kier molecular flexibility index (Phi) is 8.24. The van der Waals surface area contributed by atoms with Gasteiger partial charge in [-0.3, -0.25) is 9.59 Å². The molecule has 11 heteroatoms. The van der Waals surface area contributed by atoms with E-state index in [1.165, 1.54) is 0 Å². The maximum Gasteiger partial charge on any atom is 0.320 e. The molecule has 4 amide bonds. The second-order valence-corrected chi connectivity index (χ2v) is 9.77. The summed E-state index contributed by atoms with van der Waals surface area (Å²) in [5.74, 6) is -0.397. The molecule has 204 valence electrons. The number of benzene rings is 2. The zero-order chi connectivity index (χ0) is 27.2. The monoisotopic (exact) mass is 531 g/mol. The van der Waals surface area contributed by atoms with Crippen LogP contribution >= 0.6 is 0 Å². The van der Waals surface area contributed by atoms with E-state index in [9.17, 15) is 14.4 Å². The number of nitrogens with one attached hydrogen (secondary N) is 2. The zero-order valence-electron chi connectivity index (χ0n) is 21.9. The number of hydrogen-bond donors (Lipinski definition) is 2. The minimum atomic E-state index is -0.325. The Balaban J connectivity index is 1.34. The van der Waals surface area contributed by atoms with E-state index in [0.29, 0.717) is 87.9 Å². The summed E-state index contributed by atoms with van der Waals surface area (Å²) in [7, 11) is 0. The van der Waals surface area contributed by atoms with E-state index in [1.54, 1.807) is 30.3 Å². The number of amides is 4. The molecule has 11 nitrogen and oxygen atoms in total. The van der Waals surface area contributed by atoms with Gasteiger partial charge in [0.25, 0.3) is 11.8 Å². The van der Waals surface area contributed by atoms with Gasteiger partial charge in [-0.1, -0.05) is 0 Å². The molecule has 2 aromatic rings. The number of hydrogen-bond acceptors (Lipinski definition) is 7. The fourth-order valence-corrected chi connectivity index (χ4v) is 5.08.